The molecule has 2 rings (SSSR count). The van der Waals surface area contributed by atoms with Crippen LogP contribution in [0.1, 0.15) is 15.9 Å². The fourth-order valence-electron chi connectivity index (χ4n) is 1.42. The van der Waals surface area contributed by atoms with Crippen molar-refractivity contribution in [1.82, 2.24) is 0 Å². The first-order valence-corrected chi connectivity index (χ1v) is 6.18. The van der Waals surface area contributed by atoms with Crippen molar-refractivity contribution in [3.63, 3.8) is 0 Å². The second-order valence-corrected chi connectivity index (χ2v) is 4.87. The van der Waals surface area contributed by atoms with Crippen LogP contribution in [-0.2, 0) is 5.88 Å². The van der Waals surface area contributed by atoms with E-state index in [4.69, 9.17) is 11.6 Å². The molecule has 72 valence electrons. The van der Waals surface area contributed by atoms with E-state index in [9.17, 15) is 4.79 Å². The van der Waals surface area contributed by atoms with E-state index in [0.717, 1.165) is 32.0 Å². The standard InChI is InChI=1S/C10H6BrClOS/c11-8-1-2-9-10(7(8)3-12)6(4-13)5-14-9/h1-2,4-5H,3H2. The van der Waals surface area contributed by atoms with Gasteiger partial charge in [0, 0.05) is 31.4 Å². The molecule has 0 fully saturated rings. The molecule has 0 unspecified atom stereocenters. The SMILES string of the molecule is O=Cc1csc2ccc(Br)c(CCl)c12. The van der Waals surface area contributed by atoms with Crippen LogP contribution >= 0.6 is 38.9 Å². The van der Waals surface area contributed by atoms with Gasteiger partial charge < -0.3 is 0 Å². The lowest BCUT2D eigenvalue weighted by atomic mass is 10.1. The summed E-state index contributed by atoms with van der Waals surface area (Å²) in [6.45, 7) is 0. The zero-order valence-electron chi connectivity index (χ0n) is 7.09. The predicted molar refractivity (Wildman–Crippen MR) is 64.5 cm³/mol. The molecular weight excluding hydrogens is 284 g/mol. The monoisotopic (exact) mass is 288 g/mol. The third-order valence-corrected chi connectivity index (χ3v) is 4.06. The van der Waals surface area contributed by atoms with E-state index in [0.29, 0.717) is 5.88 Å². The molecule has 0 N–H and O–H groups in total. The summed E-state index contributed by atoms with van der Waals surface area (Å²) in [5, 5.41) is 2.84. The minimum absolute atomic E-state index is 0.412. The quantitative estimate of drug-likeness (QED) is 0.598. The largest absolute Gasteiger partial charge is 0.298 e. The molecular formula is C10H6BrClOS. The Kier molecular flexibility index (Phi) is 2.91. The number of thiophene rings is 1. The Morgan fingerprint density at radius 2 is 2.29 bits per heavy atom. The number of alkyl halides is 1. The third kappa shape index (κ3) is 1.49. The first-order valence-electron chi connectivity index (χ1n) is 3.97. The first-order chi connectivity index (χ1) is 6.77. The van der Waals surface area contributed by atoms with Gasteiger partial charge in [0.1, 0.15) is 0 Å². The molecule has 0 aliphatic rings. The van der Waals surface area contributed by atoms with E-state index in [1.807, 2.05) is 17.5 Å². The van der Waals surface area contributed by atoms with E-state index >= 15 is 0 Å². The molecule has 0 aliphatic heterocycles. The van der Waals surface area contributed by atoms with Gasteiger partial charge in [-0.2, -0.15) is 0 Å². The molecule has 0 radical (unpaired) electrons. The summed E-state index contributed by atoms with van der Waals surface area (Å²) >= 11 is 10.9. The smallest absolute Gasteiger partial charge is 0.151 e. The van der Waals surface area contributed by atoms with Crippen molar-refractivity contribution in [3.05, 3.63) is 33.1 Å². The van der Waals surface area contributed by atoms with E-state index in [1.54, 1.807) is 11.3 Å². The molecule has 1 aromatic heterocycles. The highest BCUT2D eigenvalue weighted by Gasteiger charge is 2.10. The molecule has 0 amide bonds. The van der Waals surface area contributed by atoms with Crippen LogP contribution in [0.3, 0.4) is 0 Å². The summed E-state index contributed by atoms with van der Waals surface area (Å²) in [6, 6.07) is 3.96. The molecule has 14 heavy (non-hydrogen) atoms. The molecule has 2 aromatic rings. The van der Waals surface area contributed by atoms with Crippen LogP contribution in [0.5, 0.6) is 0 Å². The van der Waals surface area contributed by atoms with Gasteiger partial charge in [-0.1, -0.05) is 15.9 Å². The van der Waals surface area contributed by atoms with Crippen molar-refractivity contribution in [2.45, 2.75) is 5.88 Å². The number of carbonyl (C=O) groups is 1. The van der Waals surface area contributed by atoms with Crippen LogP contribution in [0.4, 0.5) is 0 Å². The van der Waals surface area contributed by atoms with Gasteiger partial charge in [-0.05, 0) is 17.7 Å². The van der Waals surface area contributed by atoms with Gasteiger partial charge in [0.25, 0.3) is 0 Å². The van der Waals surface area contributed by atoms with Crippen LogP contribution in [0.15, 0.2) is 22.0 Å². The molecule has 1 heterocycles. The Bertz CT molecular complexity index is 492. The summed E-state index contributed by atoms with van der Waals surface area (Å²) in [6.07, 6.45) is 0.876. The fourth-order valence-corrected chi connectivity index (χ4v) is 3.26. The van der Waals surface area contributed by atoms with Gasteiger partial charge in [-0.15, -0.1) is 22.9 Å². The minimum atomic E-state index is 0.412. The number of fused-ring (bicyclic) bond motifs is 1. The summed E-state index contributed by atoms with van der Waals surface area (Å²) in [4.78, 5) is 10.8. The van der Waals surface area contributed by atoms with Gasteiger partial charge in [-0.3, -0.25) is 4.79 Å². The number of hydrogen-bond donors (Lipinski definition) is 0. The topological polar surface area (TPSA) is 17.1 Å². The molecule has 0 atom stereocenters. The molecule has 0 saturated heterocycles. The lowest BCUT2D eigenvalue weighted by Gasteiger charge is -2.02. The van der Waals surface area contributed by atoms with Crippen molar-refractivity contribution in [1.29, 1.82) is 0 Å². The van der Waals surface area contributed by atoms with Gasteiger partial charge in [0.2, 0.25) is 0 Å². The second-order valence-electron chi connectivity index (χ2n) is 2.84. The van der Waals surface area contributed by atoms with Crippen LogP contribution in [0.2, 0.25) is 0 Å². The van der Waals surface area contributed by atoms with Gasteiger partial charge in [0.05, 0.1) is 0 Å². The van der Waals surface area contributed by atoms with E-state index in [2.05, 4.69) is 15.9 Å². The Balaban J connectivity index is 2.88. The summed E-state index contributed by atoms with van der Waals surface area (Å²) in [7, 11) is 0. The number of aldehydes is 1. The lowest BCUT2D eigenvalue weighted by Crippen LogP contribution is -1.85. The predicted octanol–water partition coefficient (Wildman–Crippen LogP) is 4.22. The van der Waals surface area contributed by atoms with E-state index in [1.165, 1.54) is 0 Å². The molecule has 0 spiro atoms. The van der Waals surface area contributed by atoms with Gasteiger partial charge in [0.15, 0.2) is 6.29 Å². The molecule has 4 heteroatoms. The number of rotatable bonds is 2. The van der Waals surface area contributed by atoms with Crippen molar-refractivity contribution in [2.24, 2.45) is 0 Å². The molecule has 1 aromatic carbocycles. The number of benzene rings is 1. The van der Waals surface area contributed by atoms with Crippen molar-refractivity contribution >= 4 is 55.2 Å². The summed E-state index contributed by atoms with van der Waals surface area (Å²) in [5.74, 6) is 0.412. The Morgan fingerprint density at radius 1 is 1.50 bits per heavy atom. The highest BCUT2D eigenvalue weighted by molar-refractivity contribution is 9.10. The van der Waals surface area contributed by atoms with Gasteiger partial charge in [-0.25, -0.2) is 0 Å². The van der Waals surface area contributed by atoms with Gasteiger partial charge >= 0.3 is 0 Å². The van der Waals surface area contributed by atoms with E-state index < -0.39 is 0 Å². The Hall–Kier alpha value is -0.380. The first kappa shape index (κ1) is 10.1. The Labute approximate surface area is 98.8 Å². The number of hydrogen-bond acceptors (Lipinski definition) is 2. The van der Waals surface area contributed by atoms with Crippen molar-refractivity contribution < 1.29 is 4.79 Å². The third-order valence-electron chi connectivity index (χ3n) is 2.08. The molecule has 0 saturated carbocycles. The summed E-state index contributed by atoms with van der Waals surface area (Å²) in [5.41, 5.74) is 1.72. The highest BCUT2D eigenvalue weighted by atomic mass is 79.9. The maximum Gasteiger partial charge on any atom is 0.151 e. The zero-order chi connectivity index (χ0) is 10.1. The average molecular weight is 290 g/mol. The van der Waals surface area contributed by atoms with Crippen LogP contribution < -0.4 is 0 Å². The fraction of sp³-hybridized carbons (Fsp3) is 0.100. The average Bonchev–Trinajstić information content (AvgIpc) is 2.61. The molecule has 0 bridgehead atoms. The van der Waals surface area contributed by atoms with Crippen molar-refractivity contribution in [3.8, 4) is 0 Å². The maximum atomic E-state index is 10.8. The molecule has 0 aliphatic carbocycles. The van der Waals surface area contributed by atoms with Crippen LogP contribution in [-0.4, -0.2) is 6.29 Å². The Morgan fingerprint density at radius 3 is 2.93 bits per heavy atom. The normalized spacial score (nSPS) is 10.7. The highest BCUT2D eigenvalue weighted by Crippen LogP contribution is 2.33. The minimum Gasteiger partial charge on any atom is -0.298 e. The summed E-state index contributed by atoms with van der Waals surface area (Å²) < 4.78 is 2.06. The zero-order valence-corrected chi connectivity index (χ0v) is 10.2. The lowest BCUT2D eigenvalue weighted by molar-refractivity contribution is 0.112. The number of carbonyl (C=O) groups excluding carboxylic acids is 1. The van der Waals surface area contributed by atoms with Crippen molar-refractivity contribution in [2.75, 3.05) is 0 Å². The van der Waals surface area contributed by atoms with Crippen LogP contribution in [0.25, 0.3) is 10.1 Å². The van der Waals surface area contributed by atoms with E-state index in [-0.39, 0.29) is 0 Å². The maximum absolute atomic E-state index is 10.8. The second kappa shape index (κ2) is 4.01. The molecule has 1 nitrogen and oxygen atoms in total. The van der Waals surface area contributed by atoms with Crippen LogP contribution in [0, 0.1) is 0 Å². The number of halogens is 2.